The van der Waals surface area contributed by atoms with Gasteiger partial charge in [-0.1, -0.05) is 121 Å². The molecule has 1 unspecified atom stereocenters. The zero-order valence-corrected chi connectivity index (χ0v) is 25.5. The Kier molecular flexibility index (Phi) is 5.16. The van der Waals surface area contributed by atoms with E-state index in [9.17, 15) is 0 Å². The van der Waals surface area contributed by atoms with E-state index in [1.165, 1.54) is 82.8 Å². The zero-order valence-electron chi connectivity index (χ0n) is 25.5. The van der Waals surface area contributed by atoms with Crippen LogP contribution in [-0.2, 0) is 5.41 Å². The molecule has 0 amide bonds. The number of hydrogen-bond acceptors (Lipinski definition) is 0. The molecular formula is C44H30N2. The number of fused-ring (bicyclic) bond motifs is 10. The van der Waals surface area contributed by atoms with E-state index in [-0.39, 0.29) is 5.41 Å². The highest BCUT2D eigenvalue weighted by atomic mass is 15.0. The highest BCUT2D eigenvalue weighted by Crippen LogP contribution is 2.55. The van der Waals surface area contributed by atoms with E-state index in [0.717, 1.165) is 0 Å². The Morgan fingerprint density at radius 3 is 1.80 bits per heavy atom. The van der Waals surface area contributed by atoms with E-state index in [1.54, 1.807) is 0 Å². The van der Waals surface area contributed by atoms with Gasteiger partial charge >= 0.3 is 0 Å². The van der Waals surface area contributed by atoms with Gasteiger partial charge in [0.15, 0.2) is 0 Å². The fourth-order valence-corrected chi connectivity index (χ4v) is 8.34. The number of nitrogens with zero attached hydrogens (tertiary/aromatic N) is 2. The maximum atomic E-state index is 2.52. The van der Waals surface area contributed by atoms with Crippen LogP contribution < -0.4 is 0 Å². The van der Waals surface area contributed by atoms with Gasteiger partial charge < -0.3 is 9.13 Å². The lowest BCUT2D eigenvalue weighted by Gasteiger charge is -2.28. The molecule has 1 aliphatic rings. The van der Waals surface area contributed by atoms with Crippen molar-refractivity contribution in [3.05, 3.63) is 180 Å². The summed E-state index contributed by atoms with van der Waals surface area (Å²) in [5, 5.41) is 5.08. The van der Waals surface area contributed by atoms with Crippen molar-refractivity contribution in [2.45, 2.75) is 12.3 Å². The van der Waals surface area contributed by atoms with Gasteiger partial charge in [0, 0.05) is 43.9 Å². The van der Waals surface area contributed by atoms with E-state index >= 15 is 0 Å². The molecule has 2 nitrogen and oxygen atoms in total. The van der Waals surface area contributed by atoms with Crippen LogP contribution in [0, 0.1) is 0 Å². The molecule has 2 heteroatoms. The molecule has 216 valence electrons. The molecule has 0 saturated heterocycles. The van der Waals surface area contributed by atoms with E-state index in [1.807, 2.05) is 0 Å². The largest absolute Gasteiger partial charge is 0.309 e. The van der Waals surface area contributed by atoms with Gasteiger partial charge in [-0.2, -0.15) is 0 Å². The Balaban J connectivity index is 1.33. The van der Waals surface area contributed by atoms with Gasteiger partial charge in [-0.15, -0.1) is 0 Å². The van der Waals surface area contributed by atoms with Crippen molar-refractivity contribution >= 4 is 43.6 Å². The van der Waals surface area contributed by atoms with Gasteiger partial charge in [0.2, 0.25) is 0 Å². The second-order valence-corrected chi connectivity index (χ2v) is 12.7. The minimum atomic E-state index is -0.254. The van der Waals surface area contributed by atoms with Crippen molar-refractivity contribution in [1.29, 1.82) is 0 Å². The molecular weight excluding hydrogens is 556 g/mol. The van der Waals surface area contributed by atoms with Gasteiger partial charge in [-0.25, -0.2) is 0 Å². The SMILES string of the molecule is CC1(c2ccccc2)c2ccccc2-c2c1ccc1c3ccccc3n(-c3ccc4c(c3)c3ccccc3n4-c3ccccc3)c21. The standard InChI is InChI=1S/C44H30N2/c1-44(29-14-4-2-5-15-29)37-21-11-8-20-35(37)42-38(44)26-25-34-32-18-9-13-23-40(32)46(43(34)42)31-24-27-41-36(28-31)33-19-10-12-22-39(33)45(41)30-16-6-3-7-17-30/h2-28H,1H3. The third-order valence-electron chi connectivity index (χ3n) is 10.4. The Morgan fingerprint density at radius 2 is 1.02 bits per heavy atom. The van der Waals surface area contributed by atoms with Crippen LogP contribution >= 0.6 is 0 Å². The summed E-state index contributed by atoms with van der Waals surface area (Å²) in [5.41, 5.74) is 13.7. The molecule has 46 heavy (non-hydrogen) atoms. The second kappa shape index (κ2) is 9.32. The van der Waals surface area contributed by atoms with Gasteiger partial charge in [-0.05, 0) is 71.6 Å². The zero-order chi connectivity index (χ0) is 30.4. The van der Waals surface area contributed by atoms with E-state index in [0.29, 0.717) is 0 Å². The summed E-state index contributed by atoms with van der Waals surface area (Å²) in [4.78, 5) is 0. The molecule has 2 heterocycles. The first-order valence-corrected chi connectivity index (χ1v) is 16.0. The van der Waals surface area contributed by atoms with Crippen LogP contribution in [0.3, 0.4) is 0 Å². The third kappa shape index (κ3) is 3.25. The Labute approximate surface area is 267 Å². The molecule has 7 aromatic carbocycles. The molecule has 0 spiro atoms. The number of hydrogen-bond donors (Lipinski definition) is 0. The Hall–Kier alpha value is -5.86. The molecule has 0 fully saturated rings. The van der Waals surface area contributed by atoms with Crippen LogP contribution in [0.5, 0.6) is 0 Å². The lowest BCUT2D eigenvalue weighted by Crippen LogP contribution is -2.22. The van der Waals surface area contributed by atoms with Crippen molar-refractivity contribution in [2.75, 3.05) is 0 Å². The monoisotopic (exact) mass is 586 g/mol. The van der Waals surface area contributed by atoms with Crippen LogP contribution in [0.4, 0.5) is 0 Å². The number of para-hydroxylation sites is 3. The molecule has 0 saturated carbocycles. The predicted octanol–water partition coefficient (Wildman–Crippen LogP) is 11.2. The first-order valence-electron chi connectivity index (χ1n) is 16.0. The lowest BCUT2D eigenvalue weighted by atomic mass is 9.74. The first-order chi connectivity index (χ1) is 22.7. The highest BCUT2D eigenvalue weighted by molar-refractivity contribution is 6.16. The molecule has 2 aromatic heterocycles. The average molecular weight is 587 g/mol. The molecule has 0 radical (unpaired) electrons. The van der Waals surface area contributed by atoms with Crippen molar-refractivity contribution in [3.63, 3.8) is 0 Å². The molecule has 0 N–H and O–H groups in total. The lowest BCUT2D eigenvalue weighted by molar-refractivity contribution is 0.714. The van der Waals surface area contributed by atoms with Crippen LogP contribution in [0.25, 0.3) is 66.1 Å². The fraction of sp³-hybridized carbons (Fsp3) is 0.0455. The Bertz CT molecular complexity index is 2640. The first kappa shape index (κ1) is 25.5. The second-order valence-electron chi connectivity index (χ2n) is 12.7. The normalized spacial score (nSPS) is 15.6. The summed E-state index contributed by atoms with van der Waals surface area (Å²) in [6.45, 7) is 2.40. The topological polar surface area (TPSA) is 9.86 Å². The van der Waals surface area contributed by atoms with Gasteiger partial charge in [0.25, 0.3) is 0 Å². The van der Waals surface area contributed by atoms with Crippen molar-refractivity contribution < 1.29 is 0 Å². The van der Waals surface area contributed by atoms with E-state index in [4.69, 9.17) is 0 Å². The van der Waals surface area contributed by atoms with Crippen molar-refractivity contribution in [2.24, 2.45) is 0 Å². The number of benzene rings is 7. The van der Waals surface area contributed by atoms with Gasteiger partial charge in [0.05, 0.1) is 22.1 Å². The maximum absolute atomic E-state index is 2.52. The van der Waals surface area contributed by atoms with E-state index < -0.39 is 0 Å². The summed E-state index contributed by atoms with van der Waals surface area (Å²) < 4.78 is 4.91. The van der Waals surface area contributed by atoms with Crippen LogP contribution in [0.2, 0.25) is 0 Å². The summed E-state index contributed by atoms with van der Waals surface area (Å²) in [6, 6.07) is 60.1. The van der Waals surface area contributed by atoms with Crippen molar-refractivity contribution in [3.8, 4) is 22.5 Å². The molecule has 1 aliphatic carbocycles. The molecule has 9 aromatic rings. The van der Waals surface area contributed by atoms with Gasteiger partial charge in [-0.3, -0.25) is 0 Å². The van der Waals surface area contributed by atoms with Crippen LogP contribution in [0.15, 0.2) is 164 Å². The van der Waals surface area contributed by atoms with Crippen LogP contribution in [0.1, 0.15) is 23.6 Å². The average Bonchev–Trinajstić information content (AvgIpc) is 3.73. The summed E-state index contributed by atoms with van der Waals surface area (Å²) in [6.07, 6.45) is 0. The molecule has 10 rings (SSSR count). The fourth-order valence-electron chi connectivity index (χ4n) is 8.34. The third-order valence-corrected chi connectivity index (χ3v) is 10.4. The Morgan fingerprint density at radius 1 is 0.413 bits per heavy atom. The predicted molar refractivity (Wildman–Crippen MR) is 193 cm³/mol. The summed E-state index contributed by atoms with van der Waals surface area (Å²) in [7, 11) is 0. The smallest absolute Gasteiger partial charge is 0.0622 e. The number of aromatic nitrogens is 2. The highest BCUT2D eigenvalue weighted by Gasteiger charge is 2.42. The molecule has 0 bridgehead atoms. The quantitative estimate of drug-likeness (QED) is 0.195. The molecule has 0 aliphatic heterocycles. The van der Waals surface area contributed by atoms with Gasteiger partial charge in [0.1, 0.15) is 0 Å². The molecule has 1 atom stereocenters. The number of rotatable bonds is 3. The minimum absolute atomic E-state index is 0.254. The van der Waals surface area contributed by atoms with Crippen LogP contribution in [-0.4, -0.2) is 9.13 Å². The van der Waals surface area contributed by atoms with Crippen molar-refractivity contribution in [1.82, 2.24) is 9.13 Å². The summed E-state index contributed by atoms with van der Waals surface area (Å²) in [5.74, 6) is 0. The maximum Gasteiger partial charge on any atom is 0.0622 e. The van der Waals surface area contributed by atoms with E-state index in [2.05, 4.69) is 180 Å². The minimum Gasteiger partial charge on any atom is -0.309 e. The summed E-state index contributed by atoms with van der Waals surface area (Å²) >= 11 is 0.